The lowest BCUT2D eigenvalue weighted by atomic mass is 10.1. The molecule has 0 atom stereocenters. The van der Waals surface area contributed by atoms with Crippen LogP contribution >= 0.6 is 0 Å². The molecule has 0 aliphatic heterocycles. The summed E-state index contributed by atoms with van der Waals surface area (Å²) in [5, 5.41) is -0.493. The van der Waals surface area contributed by atoms with Crippen LogP contribution in [0.25, 0.3) is 12.2 Å². The zero-order chi connectivity index (χ0) is 19.8. The van der Waals surface area contributed by atoms with Crippen LogP contribution in [0.15, 0.2) is 48.5 Å². The Balaban J connectivity index is 1.37. The number of anilines is 2. The minimum Gasteiger partial charge on any atom is -0.283 e. The molecule has 6 nitrogen and oxygen atoms in total. The van der Waals surface area contributed by atoms with E-state index in [2.05, 4.69) is 9.44 Å². The highest BCUT2D eigenvalue weighted by Crippen LogP contribution is 2.30. The van der Waals surface area contributed by atoms with Crippen LogP contribution in [-0.2, 0) is 20.0 Å². The summed E-state index contributed by atoms with van der Waals surface area (Å²) in [7, 11) is -6.49. The van der Waals surface area contributed by atoms with Gasteiger partial charge in [0.1, 0.15) is 0 Å². The standard InChI is InChI=1S/C20H22N2O4S2/c23-27(24,19-11-12-19)21-17-7-3-15(4-8-17)1-2-16-5-9-18(10-6-16)22-28(25,26)20-13-14-20/h1-10,19-22H,11-14H2/b2-1+. The minimum absolute atomic E-state index is 0.246. The van der Waals surface area contributed by atoms with Crippen molar-refractivity contribution in [3.8, 4) is 0 Å². The van der Waals surface area contributed by atoms with Gasteiger partial charge in [0.05, 0.1) is 10.5 Å². The minimum atomic E-state index is -3.24. The van der Waals surface area contributed by atoms with E-state index in [9.17, 15) is 16.8 Å². The van der Waals surface area contributed by atoms with Gasteiger partial charge in [-0.05, 0) is 61.1 Å². The fourth-order valence-electron chi connectivity index (χ4n) is 2.77. The summed E-state index contributed by atoms with van der Waals surface area (Å²) in [5.41, 5.74) is 3.01. The first kappa shape index (κ1) is 19.0. The van der Waals surface area contributed by atoms with Gasteiger partial charge in [-0.15, -0.1) is 0 Å². The number of sulfonamides is 2. The molecule has 0 amide bonds. The number of rotatable bonds is 8. The Kier molecular flexibility index (Phi) is 4.93. The molecule has 2 aromatic carbocycles. The van der Waals surface area contributed by atoms with E-state index < -0.39 is 20.0 Å². The van der Waals surface area contributed by atoms with Gasteiger partial charge in [0.25, 0.3) is 0 Å². The molecule has 2 aliphatic rings. The Morgan fingerprint density at radius 2 is 0.929 bits per heavy atom. The zero-order valence-electron chi connectivity index (χ0n) is 15.2. The smallest absolute Gasteiger partial charge is 0.235 e. The Hall–Kier alpha value is -2.32. The topological polar surface area (TPSA) is 92.3 Å². The maximum absolute atomic E-state index is 11.9. The Bertz CT molecular complexity index is 992. The molecule has 8 heteroatoms. The van der Waals surface area contributed by atoms with Crippen molar-refractivity contribution < 1.29 is 16.8 Å². The van der Waals surface area contributed by atoms with E-state index >= 15 is 0 Å². The molecule has 2 saturated carbocycles. The maximum Gasteiger partial charge on any atom is 0.235 e. The van der Waals surface area contributed by atoms with Crippen LogP contribution < -0.4 is 9.44 Å². The van der Waals surface area contributed by atoms with E-state index in [1.54, 1.807) is 24.3 Å². The van der Waals surface area contributed by atoms with Crippen LogP contribution in [0.4, 0.5) is 11.4 Å². The van der Waals surface area contributed by atoms with Crippen LogP contribution in [0.5, 0.6) is 0 Å². The van der Waals surface area contributed by atoms with Crippen LogP contribution in [-0.4, -0.2) is 27.3 Å². The predicted octanol–water partition coefficient (Wildman–Crippen LogP) is 3.67. The number of hydrogen-bond acceptors (Lipinski definition) is 4. The van der Waals surface area contributed by atoms with Crippen molar-refractivity contribution in [2.24, 2.45) is 0 Å². The third-order valence-electron chi connectivity index (χ3n) is 4.74. The molecule has 2 fully saturated rings. The Morgan fingerprint density at radius 1 is 0.607 bits per heavy atom. The largest absolute Gasteiger partial charge is 0.283 e. The zero-order valence-corrected chi connectivity index (χ0v) is 16.8. The quantitative estimate of drug-likeness (QED) is 0.640. The highest BCUT2D eigenvalue weighted by Gasteiger charge is 2.36. The highest BCUT2D eigenvalue weighted by molar-refractivity contribution is 7.93. The van der Waals surface area contributed by atoms with Crippen molar-refractivity contribution in [2.45, 2.75) is 36.2 Å². The first-order chi connectivity index (χ1) is 13.3. The van der Waals surface area contributed by atoms with Gasteiger partial charge in [-0.1, -0.05) is 36.4 Å². The summed E-state index contributed by atoms with van der Waals surface area (Å²) < 4.78 is 53.0. The second-order valence-corrected chi connectivity index (χ2v) is 11.2. The second-order valence-electron chi connectivity index (χ2n) is 7.27. The fraction of sp³-hybridized carbons (Fsp3) is 0.300. The third kappa shape index (κ3) is 4.74. The fourth-order valence-corrected chi connectivity index (χ4v) is 5.54. The number of benzene rings is 2. The van der Waals surface area contributed by atoms with E-state index in [-0.39, 0.29) is 10.5 Å². The van der Waals surface area contributed by atoms with Gasteiger partial charge in [-0.3, -0.25) is 9.44 Å². The second kappa shape index (κ2) is 7.25. The molecule has 0 radical (unpaired) electrons. The monoisotopic (exact) mass is 418 g/mol. The summed E-state index contributed by atoms with van der Waals surface area (Å²) >= 11 is 0. The van der Waals surface area contributed by atoms with Crippen molar-refractivity contribution in [1.29, 1.82) is 0 Å². The van der Waals surface area contributed by atoms with Gasteiger partial charge >= 0.3 is 0 Å². The number of hydrogen-bond donors (Lipinski definition) is 2. The van der Waals surface area contributed by atoms with Gasteiger partial charge in [-0.2, -0.15) is 0 Å². The normalized spacial score (nSPS) is 17.6. The average molecular weight is 419 g/mol. The lowest BCUT2D eigenvalue weighted by Crippen LogP contribution is -2.17. The van der Waals surface area contributed by atoms with Gasteiger partial charge in [0, 0.05) is 11.4 Å². The first-order valence-electron chi connectivity index (χ1n) is 9.23. The van der Waals surface area contributed by atoms with Crippen molar-refractivity contribution in [1.82, 2.24) is 0 Å². The van der Waals surface area contributed by atoms with Gasteiger partial charge in [-0.25, -0.2) is 16.8 Å². The summed E-state index contributed by atoms with van der Waals surface area (Å²) in [6.07, 6.45) is 6.77. The average Bonchev–Trinajstić information content (AvgIpc) is 3.53. The predicted molar refractivity (Wildman–Crippen MR) is 113 cm³/mol. The van der Waals surface area contributed by atoms with E-state index in [0.717, 1.165) is 36.8 Å². The molecule has 2 aliphatic carbocycles. The van der Waals surface area contributed by atoms with Crippen molar-refractivity contribution in [2.75, 3.05) is 9.44 Å². The van der Waals surface area contributed by atoms with Gasteiger partial charge in [0.2, 0.25) is 20.0 Å². The molecule has 4 rings (SSSR count). The lowest BCUT2D eigenvalue weighted by molar-refractivity contribution is 0.598. The maximum atomic E-state index is 11.9. The van der Waals surface area contributed by atoms with E-state index in [4.69, 9.17) is 0 Å². The van der Waals surface area contributed by atoms with Gasteiger partial charge in [0.15, 0.2) is 0 Å². The molecular formula is C20H22N2O4S2. The summed E-state index contributed by atoms with van der Waals surface area (Å²) in [5.74, 6) is 0. The molecule has 0 unspecified atom stereocenters. The first-order valence-corrected chi connectivity index (χ1v) is 12.3. The van der Waals surface area contributed by atoms with Crippen LogP contribution in [0, 0.1) is 0 Å². The highest BCUT2D eigenvalue weighted by atomic mass is 32.2. The molecule has 0 heterocycles. The van der Waals surface area contributed by atoms with E-state index in [1.165, 1.54) is 0 Å². The molecule has 2 aromatic rings. The number of nitrogens with one attached hydrogen (secondary N) is 2. The summed E-state index contributed by atoms with van der Waals surface area (Å²) in [6.45, 7) is 0. The Labute approximate surface area is 165 Å². The summed E-state index contributed by atoms with van der Waals surface area (Å²) in [6, 6.07) is 14.4. The van der Waals surface area contributed by atoms with Crippen molar-refractivity contribution in [3.05, 3.63) is 59.7 Å². The molecule has 0 spiro atoms. The molecule has 28 heavy (non-hydrogen) atoms. The molecule has 148 valence electrons. The van der Waals surface area contributed by atoms with Crippen LogP contribution in [0.2, 0.25) is 0 Å². The molecule has 0 saturated heterocycles. The van der Waals surface area contributed by atoms with E-state index in [1.807, 2.05) is 36.4 Å². The Morgan fingerprint density at radius 3 is 1.21 bits per heavy atom. The lowest BCUT2D eigenvalue weighted by Gasteiger charge is -2.07. The summed E-state index contributed by atoms with van der Waals surface area (Å²) in [4.78, 5) is 0. The van der Waals surface area contributed by atoms with Gasteiger partial charge < -0.3 is 0 Å². The molecule has 2 N–H and O–H groups in total. The van der Waals surface area contributed by atoms with Crippen LogP contribution in [0.1, 0.15) is 36.8 Å². The molecule has 0 aromatic heterocycles. The third-order valence-corrected chi connectivity index (χ3v) is 8.47. The van der Waals surface area contributed by atoms with Crippen LogP contribution in [0.3, 0.4) is 0 Å². The van der Waals surface area contributed by atoms with E-state index in [0.29, 0.717) is 11.4 Å². The van der Waals surface area contributed by atoms with Crippen molar-refractivity contribution in [3.63, 3.8) is 0 Å². The molecular weight excluding hydrogens is 396 g/mol. The SMILES string of the molecule is O=S(=O)(Nc1ccc(/C=C/c2ccc(NS(=O)(=O)C3CC3)cc2)cc1)C1CC1. The van der Waals surface area contributed by atoms with Crippen molar-refractivity contribution >= 4 is 43.6 Å². The molecule has 0 bridgehead atoms.